The highest BCUT2D eigenvalue weighted by Crippen LogP contribution is 2.05. The largest absolute Gasteiger partial charge is 0.480 e. The van der Waals surface area contributed by atoms with Crippen molar-refractivity contribution in [1.82, 2.24) is 0 Å². The van der Waals surface area contributed by atoms with Crippen molar-refractivity contribution in [2.24, 2.45) is 11.5 Å². The highest BCUT2D eigenvalue weighted by molar-refractivity contribution is 5.87. The van der Waals surface area contributed by atoms with Gasteiger partial charge in [-0.05, 0) is 19.3 Å². The van der Waals surface area contributed by atoms with Gasteiger partial charge in [-0.2, -0.15) is 0 Å². The van der Waals surface area contributed by atoms with Crippen molar-refractivity contribution in [1.29, 1.82) is 0 Å². The summed E-state index contributed by atoms with van der Waals surface area (Å²) in [5.41, 5.74) is 10.4. The monoisotopic (exact) mass is 390 g/mol. The summed E-state index contributed by atoms with van der Waals surface area (Å²) in [5.74, 6) is -6.29. The van der Waals surface area contributed by atoms with Gasteiger partial charge in [0.25, 0.3) is 0 Å². The van der Waals surface area contributed by atoms with Crippen molar-refractivity contribution < 1.29 is 48.5 Å². The predicted molar refractivity (Wildman–Crippen MR) is 85.7 cm³/mol. The second-order valence-corrected chi connectivity index (χ2v) is 5.51. The number of carbonyl (C=O) groups is 6. The van der Waals surface area contributed by atoms with E-state index in [-0.39, 0.29) is 44.9 Å². The van der Waals surface area contributed by atoms with E-state index in [1.807, 2.05) is 0 Å². The number of hydrogen-bond acceptors (Lipinski definition) is 10. The lowest BCUT2D eigenvalue weighted by Gasteiger charge is -2.06. The van der Waals surface area contributed by atoms with E-state index in [1.165, 1.54) is 0 Å². The molecule has 27 heavy (non-hydrogen) atoms. The van der Waals surface area contributed by atoms with Crippen LogP contribution in [0.3, 0.4) is 0 Å². The van der Waals surface area contributed by atoms with Gasteiger partial charge in [-0.3, -0.25) is 28.8 Å². The van der Waals surface area contributed by atoms with Crippen LogP contribution < -0.4 is 11.5 Å². The molecule has 12 nitrogen and oxygen atoms in total. The molecular formula is C15H22N2O10. The Balaban J connectivity index is 3.94. The number of hydrogen-bond donors (Lipinski definition) is 4. The van der Waals surface area contributed by atoms with E-state index < -0.39 is 47.9 Å². The zero-order chi connectivity index (χ0) is 21.0. The van der Waals surface area contributed by atoms with E-state index in [9.17, 15) is 28.8 Å². The Morgan fingerprint density at radius 3 is 1.22 bits per heavy atom. The van der Waals surface area contributed by atoms with Crippen molar-refractivity contribution in [3.63, 3.8) is 0 Å². The number of nitrogens with two attached hydrogens (primary N) is 2. The zero-order valence-electron chi connectivity index (χ0n) is 14.4. The lowest BCUT2D eigenvalue weighted by molar-refractivity contribution is -0.160. The quantitative estimate of drug-likeness (QED) is 0.225. The smallest absolute Gasteiger partial charge is 0.320 e. The van der Waals surface area contributed by atoms with Crippen LogP contribution in [0.4, 0.5) is 0 Å². The molecule has 12 heteroatoms. The van der Waals surface area contributed by atoms with Gasteiger partial charge in [0, 0.05) is 25.7 Å². The van der Waals surface area contributed by atoms with Crippen molar-refractivity contribution in [3.05, 3.63) is 0 Å². The number of rotatable bonds is 12. The van der Waals surface area contributed by atoms with Gasteiger partial charge in [0.2, 0.25) is 0 Å². The van der Waals surface area contributed by atoms with Crippen molar-refractivity contribution in [2.45, 2.75) is 57.0 Å². The zero-order valence-corrected chi connectivity index (χ0v) is 14.4. The molecule has 0 saturated carbocycles. The number of ether oxygens (including phenoxy) is 2. The number of aliphatic carboxylic acids is 2. The average molecular weight is 390 g/mol. The molecule has 0 rings (SSSR count). The fraction of sp³-hybridized carbons (Fsp3) is 0.600. The summed E-state index contributed by atoms with van der Waals surface area (Å²) >= 11 is 0. The molecule has 0 amide bonds. The molecule has 0 radical (unpaired) electrons. The van der Waals surface area contributed by atoms with Crippen LogP contribution >= 0.6 is 0 Å². The van der Waals surface area contributed by atoms with Crippen LogP contribution in [-0.2, 0) is 38.2 Å². The molecule has 0 spiro atoms. The number of carboxylic acid groups (broad SMARTS) is 2. The molecular weight excluding hydrogens is 368 g/mol. The summed E-state index contributed by atoms with van der Waals surface area (Å²) in [6.45, 7) is 0. The lowest BCUT2D eigenvalue weighted by Crippen LogP contribution is -2.31. The maximum absolute atomic E-state index is 11.4. The van der Waals surface area contributed by atoms with Gasteiger partial charge in [-0.1, -0.05) is 0 Å². The van der Waals surface area contributed by atoms with Gasteiger partial charge in [0.15, 0.2) is 0 Å². The Labute approximate surface area is 153 Å². The van der Waals surface area contributed by atoms with Crippen molar-refractivity contribution in [3.8, 4) is 0 Å². The van der Waals surface area contributed by atoms with E-state index >= 15 is 0 Å². The molecule has 6 N–H and O–H groups in total. The van der Waals surface area contributed by atoms with Crippen LogP contribution in [0.25, 0.3) is 0 Å². The molecule has 0 aliphatic rings. The van der Waals surface area contributed by atoms with E-state index in [0.717, 1.165) is 0 Å². The molecule has 0 aliphatic carbocycles. The van der Waals surface area contributed by atoms with Crippen LogP contribution in [-0.4, -0.2) is 58.1 Å². The van der Waals surface area contributed by atoms with E-state index in [1.54, 1.807) is 0 Å². The molecule has 0 aromatic rings. The van der Waals surface area contributed by atoms with Gasteiger partial charge in [0.1, 0.15) is 12.1 Å². The Morgan fingerprint density at radius 1 is 0.630 bits per heavy atom. The second-order valence-electron chi connectivity index (χ2n) is 5.51. The summed E-state index contributed by atoms with van der Waals surface area (Å²) < 4.78 is 8.83. The molecule has 0 bridgehead atoms. The van der Waals surface area contributed by atoms with Gasteiger partial charge in [-0.25, -0.2) is 0 Å². The Kier molecular flexibility index (Phi) is 11.2. The summed E-state index contributed by atoms with van der Waals surface area (Å²) in [6, 6.07) is -2.49. The molecule has 0 aromatic heterocycles. The van der Waals surface area contributed by atoms with Crippen LogP contribution in [0.2, 0.25) is 0 Å². The van der Waals surface area contributed by atoms with Gasteiger partial charge < -0.3 is 31.2 Å². The molecule has 0 heterocycles. The third kappa shape index (κ3) is 12.2. The first-order chi connectivity index (χ1) is 12.5. The summed E-state index contributed by atoms with van der Waals surface area (Å²) in [4.78, 5) is 66.4. The fourth-order valence-corrected chi connectivity index (χ4v) is 1.63. The molecule has 0 fully saturated rings. The summed E-state index contributed by atoms with van der Waals surface area (Å²) in [7, 11) is 0. The number of carbonyl (C=O) groups excluding carboxylic acids is 4. The van der Waals surface area contributed by atoms with E-state index in [2.05, 4.69) is 9.47 Å². The average Bonchev–Trinajstić information content (AvgIpc) is 2.56. The Hall–Kier alpha value is -2.86. The SMILES string of the molecule is N[C@@H](CCC(=O)OC(=O)CCCC(=O)OC(=O)CC[C@H](N)C(=O)O)C(=O)O. The van der Waals surface area contributed by atoms with Crippen LogP contribution in [0.5, 0.6) is 0 Å². The third-order valence-electron chi connectivity index (χ3n) is 3.17. The first kappa shape index (κ1) is 24.1. The minimum absolute atomic E-state index is 0.0541. The van der Waals surface area contributed by atoms with Gasteiger partial charge >= 0.3 is 35.8 Å². The first-order valence-electron chi connectivity index (χ1n) is 7.96. The van der Waals surface area contributed by atoms with Gasteiger partial charge in [-0.15, -0.1) is 0 Å². The Bertz CT molecular complexity index is 539. The first-order valence-corrected chi connectivity index (χ1v) is 7.96. The number of carboxylic acids is 2. The van der Waals surface area contributed by atoms with E-state index in [4.69, 9.17) is 21.7 Å². The fourth-order valence-electron chi connectivity index (χ4n) is 1.63. The maximum Gasteiger partial charge on any atom is 0.320 e. The molecule has 0 aliphatic heterocycles. The molecule has 152 valence electrons. The topological polar surface area (TPSA) is 213 Å². The van der Waals surface area contributed by atoms with Crippen molar-refractivity contribution >= 4 is 35.8 Å². The van der Waals surface area contributed by atoms with Crippen LogP contribution in [0.1, 0.15) is 44.9 Å². The van der Waals surface area contributed by atoms with Gasteiger partial charge in [0.05, 0.1) is 0 Å². The minimum Gasteiger partial charge on any atom is -0.480 e. The predicted octanol–water partition coefficient (Wildman–Crippen LogP) is -1.32. The van der Waals surface area contributed by atoms with Crippen LogP contribution in [0.15, 0.2) is 0 Å². The molecule has 2 atom stereocenters. The standard InChI is InChI=1S/C15H22N2O10/c16-8(14(22)23)4-6-12(20)26-10(18)2-1-3-11(19)27-13(21)7-5-9(17)15(24)25/h8-9H,1-7,16-17H2,(H,22,23)(H,24,25)/t8-,9-/m0/s1. The maximum atomic E-state index is 11.4. The highest BCUT2D eigenvalue weighted by Gasteiger charge is 2.18. The van der Waals surface area contributed by atoms with Crippen LogP contribution in [0, 0.1) is 0 Å². The molecule has 0 aromatic carbocycles. The summed E-state index contributed by atoms with van der Waals surface area (Å²) in [6.07, 6.45) is -1.75. The molecule has 0 saturated heterocycles. The normalized spacial score (nSPS) is 12.5. The van der Waals surface area contributed by atoms with Crippen molar-refractivity contribution in [2.75, 3.05) is 0 Å². The van der Waals surface area contributed by atoms with E-state index in [0.29, 0.717) is 0 Å². The lowest BCUT2D eigenvalue weighted by atomic mass is 10.2. The second kappa shape index (κ2) is 12.5. The Morgan fingerprint density at radius 2 is 0.926 bits per heavy atom. The highest BCUT2D eigenvalue weighted by atomic mass is 16.6. The third-order valence-corrected chi connectivity index (χ3v) is 3.17. The summed E-state index contributed by atoms with van der Waals surface area (Å²) in [5, 5.41) is 17.1. The number of esters is 4. The minimum atomic E-state index is -1.29. The molecule has 0 unspecified atom stereocenters.